The van der Waals surface area contributed by atoms with Gasteiger partial charge < -0.3 is 14.9 Å². The number of carbonyl (C=O) groups excluding carboxylic acids is 1. The zero-order chi connectivity index (χ0) is 22.7. The Balaban J connectivity index is 1.36. The Morgan fingerprint density at radius 1 is 1.28 bits per heavy atom. The fourth-order valence-corrected chi connectivity index (χ4v) is 4.70. The molecule has 1 unspecified atom stereocenters. The minimum absolute atomic E-state index is 0.0515. The van der Waals surface area contributed by atoms with E-state index in [0.29, 0.717) is 25.9 Å². The predicted molar refractivity (Wildman–Crippen MR) is 125 cm³/mol. The van der Waals surface area contributed by atoms with Crippen LogP contribution in [0.1, 0.15) is 37.1 Å². The van der Waals surface area contributed by atoms with Crippen LogP contribution in [0, 0.1) is 13.8 Å². The topological polar surface area (TPSA) is 87.4 Å². The van der Waals surface area contributed by atoms with Gasteiger partial charge in [0.15, 0.2) is 0 Å². The molecule has 0 spiro atoms. The number of pyridine rings is 2. The lowest BCUT2D eigenvalue weighted by atomic mass is 9.91. The zero-order valence-electron chi connectivity index (χ0n) is 19.2. The van der Waals surface area contributed by atoms with Crippen molar-refractivity contribution in [1.29, 1.82) is 0 Å². The van der Waals surface area contributed by atoms with Crippen LogP contribution in [-0.2, 0) is 11.3 Å². The first kappa shape index (κ1) is 22.2. The van der Waals surface area contributed by atoms with Gasteiger partial charge >= 0.3 is 0 Å². The summed E-state index contributed by atoms with van der Waals surface area (Å²) < 4.78 is 1.95. The number of anilines is 1. The van der Waals surface area contributed by atoms with Gasteiger partial charge in [0.1, 0.15) is 0 Å². The van der Waals surface area contributed by atoms with Gasteiger partial charge in [0.05, 0.1) is 23.4 Å². The van der Waals surface area contributed by atoms with Gasteiger partial charge in [0, 0.05) is 68.5 Å². The van der Waals surface area contributed by atoms with Gasteiger partial charge in [-0.3, -0.25) is 19.4 Å². The molecule has 3 aromatic heterocycles. The number of β-amino-alcohol motifs (C(OH)–C–C–N with tert-alkyl or cyclic N) is 1. The molecule has 0 bridgehead atoms. The lowest BCUT2D eigenvalue weighted by molar-refractivity contribution is -0.133. The van der Waals surface area contributed by atoms with E-state index in [1.807, 2.05) is 42.9 Å². The summed E-state index contributed by atoms with van der Waals surface area (Å²) in [4.78, 5) is 25.2. The molecule has 8 nitrogen and oxygen atoms in total. The highest BCUT2D eigenvalue weighted by Gasteiger charge is 2.36. The summed E-state index contributed by atoms with van der Waals surface area (Å²) in [6.07, 6.45) is 8.06. The maximum absolute atomic E-state index is 12.7. The van der Waals surface area contributed by atoms with Gasteiger partial charge in [0.2, 0.25) is 5.91 Å². The molecule has 1 aliphatic rings. The van der Waals surface area contributed by atoms with Crippen LogP contribution in [0.3, 0.4) is 0 Å². The first-order valence-corrected chi connectivity index (χ1v) is 11.3. The van der Waals surface area contributed by atoms with Gasteiger partial charge in [-0.1, -0.05) is 0 Å². The van der Waals surface area contributed by atoms with Crippen molar-refractivity contribution in [2.24, 2.45) is 0 Å². The van der Waals surface area contributed by atoms with E-state index in [0.717, 1.165) is 53.9 Å². The molecular weight excluding hydrogens is 404 g/mol. The first-order valence-electron chi connectivity index (χ1n) is 11.3. The minimum Gasteiger partial charge on any atom is -0.386 e. The molecule has 170 valence electrons. The zero-order valence-corrected chi connectivity index (χ0v) is 19.2. The van der Waals surface area contributed by atoms with E-state index in [2.05, 4.69) is 20.0 Å². The molecule has 4 rings (SSSR count). The number of amides is 1. The Hall–Kier alpha value is -3.00. The number of aromatic nitrogens is 4. The number of carbonyl (C=O) groups is 1. The Morgan fingerprint density at radius 2 is 2.12 bits per heavy atom. The fourth-order valence-electron chi connectivity index (χ4n) is 4.70. The molecule has 1 amide bonds. The number of piperidine rings is 1. The van der Waals surface area contributed by atoms with Crippen LogP contribution in [0.5, 0.6) is 0 Å². The molecule has 0 saturated carbocycles. The second-order valence-corrected chi connectivity index (χ2v) is 8.98. The molecule has 1 fully saturated rings. The summed E-state index contributed by atoms with van der Waals surface area (Å²) in [7, 11) is 1.79. The van der Waals surface area contributed by atoms with Crippen molar-refractivity contribution in [2.75, 3.05) is 31.6 Å². The lowest BCUT2D eigenvalue weighted by Gasteiger charge is -2.42. The molecule has 1 N–H and O–H groups in total. The number of hydrogen-bond donors (Lipinski definition) is 1. The van der Waals surface area contributed by atoms with Crippen molar-refractivity contribution in [3.63, 3.8) is 0 Å². The lowest BCUT2D eigenvalue weighted by Crippen LogP contribution is -2.54. The van der Waals surface area contributed by atoms with E-state index in [-0.39, 0.29) is 5.91 Å². The summed E-state index contributed by atoms with van der Waals surface area (Å²) in [6.45, 7) is 6.38. The summed E-state index contributed by atoms with van der Waals surface area (Å²) in [5.41, 5.74) is 3.07. The molecule has 0 radical (unpaired) electrons. The van der Waals surface area contributed by atoms with Crippen molar-refractivity contribution in [3.05, 3.63) is 48.2 Å². The van der Waals surface area contributed by atoms with E-state index in [9.17, 15) is 9.90 Å². The van der Waals surface area contributed by atoms with E-state index in [4.69, 9.17) is 0 Å². The van der Waals surface area contributed by atoms with Crippen LogP contribution >= 0.6 is 0 Å². The third kappa shape index (κ3) is 4.91. The van der Waals surface area contributed by atoms with Crippen LogP contribution in [0.4, 0.5) is 5.69 Å². The Labute approximate surface area is 188 Å². The molecule has 3 aromatic rings. The molecule has 8 heteroatoms. The van der Waals surface area contributed by atoms with Gasteiger partial charge in [-0.2, -0.15) is 5.10 Å². The largest absolute Gasteiger partial charge is 0.386 e. The molecular formula is C24H32N6O2. The van der Waals surface area contributed by atoms with Crippen LogP contribution < -0.4 is 4.90 Å². The van der Waals surface area contributed by atoms with E-state index in [1.165, 1.54) is 0 Å². The molecule has 4 heterocycles. The smallest absolute Gasteiger partial charge is 0.222 e. The van der Waals surface area contributed by atoms with Gasteiger partial charge in [-0.05, 0) is 51.3 Å². The van der Waals surface area contributed by atoms with Crippen LogP contribution in [0.2, 0.25) is 0 Å². The summed E-state index contributed by atoms with van der Waals surface area (Å²) >= 11 is 0. The molecule has 1 aliphatic heterocycles. The van der Waals surface area contributed by atoms with Crippen molar-refractivity contribution in [2.45, 2.75) is 51.7 Å². The van der Waals surface area contributed by atoms with E-state index in [1.54, 1.807) is 24.3 Å². The predicted octanol–water partition coefficient (Wildman–Crippen LogP) is 2.71. The average molecular weight is 437 g/mol. The second-order valence-electron chi connectivity index (χ2n) is 8.98. The number of nitrogens with zero attached hydrogens (tertiary/aromatic N) is 6. The molecule has 32 heavy (non-hydrogen) atoms. The van der Waals surface area contributed by atoms with Crippen molar-refractivity contribution in [1.82, 2.24) is 24.6 Å². The minimum atomic E-state index is -0.948. The average Bonchev–Trinajstić information content (AvgIpc) is 3.09. The van der Waals surface area contributed by atoms with Crippen molar-refractivity contribution < 1.29 is 9.90 Å². The fraction of sp³-hybridized carbons (Fsp3) is 0.500. The first-order chi connectivity index (χ1) is 15.3. The number of fused-ring (bicyclic) bond motifs is 1. The molecule has 1 atom stereocenters. The molecule has 1 saturated heterocycles. The van der Waals surface area contributed by atoms with Crippen LogP contribution in [0.25, 0.3) is 10.9 Å². The number of rotatable bonds is 7. The van der Waals surface area contributed by atoms with Gasteiger partial charge in [0.25, 0.3) is 0 Å². The monoisotopic (exact) mass is 436 g/mol. The summed E-state index contributed by atoms with van der Waals surface area (Å²) in [5, 5.41) is 16.8. The van der Waals surface area contributed by atoms with E-state index < -0.39 is 5.60 Å². The van der Waals surface area contributed by atoms with Gasteiger partial charge in [-0.15, -0.1) is 0 Å². The number of aliphatic hydroxyl groups is 1. The third-order valence-corrected chi connectivity index (χ3v) is 6.24. The quantitative estimate of drug-likeness (QED) is 0.613. The maximum Gasteiger partial charge on any atom is 0.222 e. The molecule has 0 aliphatic carbocycles. The van der Waals surface area contributed by atoms with Crippen molar-refractivity contribution >= 4 is 22.5 Å². The molecule has 0 aromatic carbocycles. The van der Waals surface area contributed by atoms with Crippen LogP contribution in [-0.4, -0.2) is 67.9 Å². The Bertz CT molecular complexity index is 1090. The van der Waals surface area contributed by atoms with Gasteiger partial charge in [-0.25, -0.2) is 0 Å². The Morgan fingerprint density at radius 3 is 2.91 bits per heavy atom. The second kappa shape index (κ2) is 9.24. The summed E-state index contributed by atoms with van der Waals surface area (Å²) in [6, 6.07) is 5.91. The Kier molecular flexibility index (Phi) is 6.41. The summed E-state index contributed by atoms with van der Waals surface area (Å²) in [5.74, 6) is 0.0515. The highest BCUT2D eigenvalue weighted by atomic mass is 16.3. The van der Waals surface area contributed by atoms with Crippen molar-refractivity contribution in [3.8, 4) is 0 Å². The number of aryl methyl sites for hydroxylation is 3. The number of hydrogen-bond acceptors (Lipinski definition) is 6. The highest BCUT2D eigenvalue weighted by molar-refractivity contribution is 5.90. The maximum atomic E-state index is 12.7. The SMILES string of the molecule is Cc1cc(C)n(CCCC(=O)N(C)CC2(O)CCCN(c3ccnc4ccncc34)C2)n1. The van der Waals surface area contributed by atoms with E-state index >= 15 is 0 Å². The normalized spacial score (nSPS) is 18.8. The number of likely N-dealkylation sites (N-methyl/N-ethyl adjacent to an activating group) is 1. The highest BCUT2D eigenvalue weighted by Crippen LogP contribution is 2.31. The van der Waals surface area contributed by atoms with Crippen LogP contribution in [0.15, 0.2) is 36.8 Å². The third-order valence-electron chi connectivity index (χ3n) is 6.24. The standard InChI is InChI=1S/C24H32N6O2/c1-18-14-19(2)30(27-18)13-4-6-23(31)28(3)16-24(32)9-5-12-29(17-24)22-8-11-26-21-7-10-25-15-20(21)22/h7-8,10-11,14-15,32H,4-6,9,12-13,16-17H2,1-3H3.